The Hall–Kier alpha value is -3.07. The molecule has 0 bridgehead atoms. The highest BCUT2D eigenvalue weighted by atomic mass is 32.1. The van der Waals surface area contributed by atoms with Crippen LogP contribution in [-0.2, 0) is 0 Å². The molecule has 0 saturated carbocycles. The Balaban J connectivity index is 1.49. The summed E-state index contributed by atoms with van der Waals surface area (Å²) in [4.78, 5) is 24.4. The highest BCUT2D eigenvalue weighted by molar-refractivity contribution is 7.80. The molecule has 0 spiro atoms. The van der Waals surface area contributed by atoms with E-state index in [9.17, 15) is 19.3 Å². The second-order valence-corrected chi connectivity index (χ2v) is 6.84. The first-order valence-corrected chi connectivity index (χ1v) is 9.20. The zero-order valence-corrected chi connectivity index (χ0v) is 15.7. The number of carbonyl (C=O) groups excluding carboxylic acids is 1. The van der Waals surface area contributed by atoms with Crippen LogP contribution in [-0.4, -0.2) is 40.0 Å². The molecule has 3 rings (SSSR count). The van der Waals surface area contributed by atoms with E-state index in [4.69, 9.17) is 12.2 Å². The number of nitro groups is 1. The van der Waals surface area contributed by atoms with Crippen LogP contribution in [0.4, 0.5) is 15.8 Å². The lowest BCUT2D eigenvalue weighted by Gasteiger charge is -2.34. The quantitative estimate of drug-likeness (QED) is 0.463. The first-order chi connectivity index (χ1) is 13.4. The number of anilines is 1. The van der Waals surface area contributed by atoms with Crippen molar-refractivity contribution in [3.63, 3.8) is 0 Å². The molecular formula is C19H19FN4O3S. The van der Waals surface area contributed by atoms with Crippen molar-refractivity contribution in [3.05, 3.63) is 70.0 Å². The zero-order chi connectivity index (χ0) is 20.1. The molecule has 28 heavy (non-hydrogen) atoms. The number of likely N-dealkylation sites (tertiary alicyclic amines) is 1. The average molecular weight is 402 g/mol. The van der Waals surface area contributed by atoms with Crippen molar-refractivity contribution in [1.82, 2.24) is 10.2 Å². The molecule has 2 aromatic carbocycles. The second kappa shape index (κ2) is 8.75. The predicted molar refractivity (Wildman–Crippen MR) is 108 cm³/mol. The highest BCUT2D eigenvalue weighted by Gasteiger charge is 2.23. The SMILES string of the molecule is O=C(NC1CCN(C(=S)Nc2ccc([N+](=O)[O-])cc2)CC1)c1ccccc1F. The van der Waals surface area contributed by atoms with Gasteiger partial charge < -0.3 is 15.5 Å². The summed E-state index contributed by atoms with van der Waals surface area (Å²) in [6.07, 6.45) is 1.37. The van der Waals surface area contributed by atoms with E-state index >= 15 is 0 Å². The van der Waals surface area contributed by atoms with Crippen LogP contribution in [0.25, 0.3) is 0 Å². The minimum atomic E-state index is -0.536. The van der Waals surface area contributed by atoms with E-state index in [0.717, 1.165) is 0 Å². The number of hydrogen-bond acceptors (Lipinski definition) is 4. The summed E-state index contributed by atoms with van der Waals surface area (Å²) in [5.41, 5.74) is 0.730. The van der Waals surface area contributed by atoms with Crippen LogP contribution in [0.2, 0.25) is 0 Å². The van der Waals surface area contributed by atoms with Gasteiger partial charge in [0.15, 0.2) is 5.11 Å². The number of amides is 1. The van der Waals surface area contributed by atoms with Gasteiger partial charge >= 0.3 is 0 Å². The van der Waals surface area contributed by atoms with Crippen LogP contribution in [0.5, 0.6) is 0 Å². The number of non-ortho nitro benzene ring substituents is 1. The minimum absolute atomic E-state index is 0.0166. The Morgan fingerprint density at radius 1 is 1.14 bits per heavy atom. The summed E-state index contributed by atoms with van der Waals surface area (Å²) in [5.74, 6) is -0.950. The molecule has 9 heteroatoms. The molecule has 0 unspecified atom stereocenters. The minimum Gasteiger partial charge on any atom is -0.349 e. The van der Waals surface area contributed by atoms with Gasteiger partial charge in [0, 0.05) is 37.0 Å². The fourth-order valence-corrected chi connectivity index (χ4v) is 3.30. The molecule has 2 N–H and O–H groups in total. The first kappa shape index (κ1) is 19.7. The number of nitrogens with zero attached hydrogens (tertiary/aromatic N) is 2. The van der Waals surface area contributed by atoms with Crippen LogP contribution in [0.15, 0.2) is 48.5 Å². The van der Waals surface area contributed by atoms with Gasteiger partial charge in [-0.2, -0.15) is 0 Å². The average Bonchev–Trinajstić information content (AvgIpc) is 2.69. The van der Waals surface area contributed by atoms with E-state index in [0.29, 0.717) is 36.7 Å². The molecule has 1 amide bonds. The largest absolute Gasteiger partial charge is 0.349 e. The van der Waals surface area contributed by atoms with Gasteiger partial charge in [-0.1, -0.05) is 12.1 Å². The number of carbonyl (C=O) groups is 1. The van der Waals surface area contributed by atoms with Gasteiger partial charge in [-0.15, -0.1) is 0 Å². The molecule has 2 aromatic rings. The van der Waals surface area contributed by atoms with Crippen molar-refractivity contribution in [1.29, 1.82) is 0 Å². The molecule has 1 aliphatic heterocycles. The molecule has 7 nitrogen and oxygen atoms in total. The Labute approximate surface area is 166 Å². The summed E-state index contributed by atoms with van der Waals surface area (Å²) in [6.45, 7) is 1.28. The zero-order valence-electron chi connectivity index (χ0n) is 14.9. The number of halogens is 1. The third-order valence-electron chi connectivity index (χ3n) is 4.57. The number of piperidine rings is 1. The molecule has 146 valence electrons. The Morgan fingerprint density at radius 3 is 2.39 bits per heavy atom. The number of nitro benzene ring substituents is 1. The lowest BCUT2D eigenvalue weighted by Crippen LogP contribution is -2.47. The van der Waals surface area contributed by atoms with Gasteiger partial charge in [-0.3, -0.25) is 14.9 Å². The van der Waals surface area contributed by atoms with Gasteiger partial charge in [-0.05, 0) is 49.3 Å². The third-order valence-corrected chi connectivity index (χ3v) is 4.93. The highest BCUT2D eigenvalue weighted by Crippen LogP contribution is 2.18. The standard InChI is InChI=1S/C19H19FN4O3S/c20-17-4-2-1-3-16(17)18(25)21-14-9-11-23(12-10-14)19(28)22-13-5-7-15(8-6-13)24(26)27/h1-8,14H,9-12H2,(H,21,25)(H,22,28). The van der Waals surface area contributed by atoms with Crippen molar-refractivity contribution in [2.45, 2.75) is 18.9 Å². The van der Waals surface area contributed by atoms with Gasteiger partial charge in [0.25, 0.3) is 11.6 Å². The maximum absolute atomic E-state index is 13.7. The molecular weight excluding hydrogens is 383 g/mol. The molecule has 0 aliphatic carbocycles. The molecule has 0 aromatic heterocycles. The van der Waals surface area contributed by atoms with E-state index in [-0.39, 0.29) is 17.3 Å². The number of thiocarbonyl (C=S) groups is 1. The van der Waals surface area contributed by atoms with Crippen LogP contribution in [0.1, 0.15) is 23.2 Å². The van der Waals surface area contributed by atoms with Crippen LogP contribution >= 0.6 is 12.2 Å². The predicted octanol–water partition coefficient (Wildman–Crippen LogP) is 3.33. The van der Waals surface area contributed by atoms with Crippen LogP contribution in [0, 0.1) is 15.9 Å². The Kier molecular flexibility index (Phi) is 6.15. The number of benzene rings is 2. The van der Waals surface area contributed by atoms with Crippen LogP contribution in [0.3, 0.4) is 0 Å². The molecule has 1 fully saturated rings. The second-order valence-electron chi connectivity index (χ2n) is 6.45. The van der Waals surface area contributed by atoms with Crippen molar-refractivity contribution < 1.29 is 14.1 Å². The van der Waals surface area contributed by atoms with Gasteiger partial charge in [0.05, 0.1) is 10.5 Å². The summed E-state index contributed by atoms with van der Waals surface area (Å²) >= 11 is 5.40. The van der Waals surface area contributed by atoms with Crippen molar-refractivity contribution in [2.24, 2.45) is 0 Å². The molecule has 0 atom stereocenters. The number of hydrogen-bond donors (Lipinski definition) is 2. The molecule has 1 saturated heterocycles. The molecule has 1 aliphatic rings. The van der Waals surface area contributed by atoms with E-state index in [2.05, 4.69) is 10.6 Å². The lowest BCUT2D eigenvalue weighted by molar-refractivity contribution is -0.384. The molecule has 1 heterocycles. The fraction of sp³-hybridized carbons (Fsp3) is 0.263. The normalized spacial score (nSPS) is 14.4. The Bertz CT molecular complexity index is 883. The number of nitrogens with one attached hydrogen (secondary N) is 2. The van der Waals surface area contributed by atoms with E-state index in [1.54, 1.807) is 24.3 Å². The summed E-state index contributed by atoms with van der Waals surface area (Å²) in [7, 11) is 0. The van der Waals surface area contributed by atoms with Crippen molar-refractivity contribution in [3.8, 4) is 0 Å². The lowest BCUT2D eigenvalue weighted by atomic mass is 10.0. The van der Waals surface area contributed by atoms with E-state index < -0.39 is 16.6 Å². The van der Waals surface area contributed by atoms with Crippen molar-refractivity contribution in [2.75, 3.05) is 18.4 Å². The van der Waals surface area contributed by atoms with Crippen LogP contribution < -0.4 is 10.6 Å². The topological polar surface area (TPSA) is 87.5 Å². The summed E-state index contributed by atoms with van der Waals surface area (Å²) < 4.78 is 13.7. The fourth-order valence-electron chi connectivity index (χ4n) is 3.00. The Morgan fingerprint density at radius 2 is 1.79 bits per heavy atom. The van der Waals surface area contributed by atoms with Crippen molar-refractivity contribution >= 4 is 34.6 Å². The molecule has 0 radical (unpaired) electrons. The first-order valence-electron chi connectivity index (χ1n) is 8.80. The maximum atomic E-state index is 13.7. The number of rotatable bonds is 4. The third kappa shape index (κ3) is 4.80. The summed E-state index contributed by atoms with van der Waals surface area (Å²) in [5, 5.41) is 17.2. The van der Waals surface area contributed by atoms with Gasteiger partial charge in [0.2, 0.25) is 0 Å². The van der Waals surface area contributed by atoms with E-state index in [1.165, 1.54) is 24.3 Å². The maximum Gasteiger partial charge on any atom is 0.269 e. The summed E-state index contributed by atoms with van der Waals surface area (Å²) in [6, 6.07) is 11.9. The van der Waals surface area contributed by atoms with Gasteiger partial charge in [-0.25, -0.2) is 4.39 Å². The van der Waals surface area contributed by atoms with Gasteiger partial charge in [0.1, 0.15) is 5.82 Å². The van der Waals surface area contributed by atoms with E-state index in [1.807, 2.05) is 4.90 Å². The smallest absolute Gasteiger partial charge is 0.269 e. The monoisotopic (exact) mass is 402 g/mol.